The molecule has 38 heavy (non-hydrogen) atoms. The van der Waals surface area contributed by atoms with Crippen molar-refractivity contribution in [2.45, 2.75) is 64.5 Å². The van der Waals surface area contributed by atoms with Crippen LogP contribution in [0.4, 0.5) is 20.7 Å². The lowest BCUT2D eigenvalue weighted by atomic mass is 9.92. The number of halogens is 1. The first kappa shape index (κ1) is 28.0. The second kappa shape index (κ2) is 11.0. The third-order valence-corrected chi connectivity index (χ3v) is 7.21. The number of fused-ring (bicyclic) bond motifs is 2. The number of sulfone groups is 1. The van der Waals surface area contributed by atoms with Gasteiger partial charge in [0, 0.05) is 19.1 Å². The van der Waals surface area contributed by atoms with Crippen LogP contribution in [-0.4, -0.2) is 73.6 Å². The Hall–Kier alpha value is -2.99. The fraction of sp³-hybridized carbons (Fsp3) is 0.577. The van der Waals surface area contributed by atoms with Crippen LogP contribution in [0.1, 0.15) is 44.7 Å². The maximum Gasteiger partial charge on any atom is 0.410 e. The number of anilines is 2. The number of hydrogen-bond donors (Lipinski definition) is 1. The van der Waals surface area contributed by atoms with Gasteiger partial charge in [0.05, 0.1) is 48.9 Å². The van der Waals surface area contributed by atoms with Crippen molar-refractivity contribution in [3.05, 3.63) is 41.5 Å². The molecule has 208 valence electrons. The van der Waals surface area contributed by atoms with E-state index in [0.717, 1.165) is 6.26 Å². The van der Waals surface area contributed by atoms with E-state index in [1.165, 1.54) is 18.5 Å². The maximum atomic E-state index is 14.7. The first-order valence-electron chi connectivity index (χ1n) is 12.5. The number of ether oxygens (including phenoxy) is 3. The summed E-state index contributed by atoms with van der Waals surface area (Å²) >= 11 is 0. The highest BCUT2D eigenvalue weighted by atomic mass is 32.2. The van der Waals surface area contributed by atoms with E-state index in [1.54, 1.807) is 17.9 Å². The molecular formula is C26H35FN4O6S. The van der Waals surface area contributed by atoms with Crippen LogP contribution in [0.5, 0.6) is 5.88 Å². The summed E-state index contributed by atoms with van der Waals surface area (Å²) < 4.78 is 55.2. The van der Waals surface area contributed by atoms with Crippen LogP contribution < -0.4 is 10.1 Å². The standard InChI is InChI=1S/C26H35FN4O6S/c1-16-23(30-22-7-6-17(8-21(22)27)13-38(5,33)34)28-15-29-24(16)37-20-9-18-11-35-12-19(10-20)31(18)25(32)36-14-26(2,3)4/h6-8,15,18-20H,9-14H2,1-5H3,(H,28,29,30). The third kappa shape index (κ3) is 7.10. The quantitative estimate of drug-likeness (QED) is 0.545. The van der Waals surface area contributed by atoms with Crippen LogP contribution in [0.15, 0.2) is 24.5 Å². The van der Waals surface area contributed by atoms with E-state index in [1.807, 2.05) is 20.8 Å². The zero-order valence-electron chi connectivity index (χ0n) is 22.4. The Balaban J connectivity index is 1.43. The van der Waals surface area contributed by atoms with Crippen molar-refractivity contribution in [3.8, 4) is 5.88 Å². The lowest BCUT2D eigenvalue weighted by molar-refractivity contribution is -0.0928. The Morgan fingerprint density at radius 3 is 2.50 bits per heavy atom. The molecule has 2 fully saturated rings. The van der Waals surface area contributed by atoms with Crippen molar-refractivity contribution in [3.63, 3.8) is 0 Å². The van der Waals surface area contributed by atoms with Crippen LogP contribution in [-0.2, 0) is 25.1 Å². The first-order valence-corrected chi connectivity index (χ1v) is 14.6. The molecule has 2 unspecified atom stereocenters. The molecule has 10 nitrogen and oxygen atoms in total. The third-order valence-electron chi connectivity index (χ3n) is 6.35. The highest BCUT2D eigenvalue weighted by Gasteiger charge is 2.43. The molecule has 0 aliphatic carbocycles. The number of carbonyl (C=O) groups is 1. The van der Waals surface area contributed by atoms with Gasteiger partial charge in [-0.3, -0.25) is 4.90 Å². The van der Waals surface area contributed by atoms with Gasteiger partial charge in [-0.05, 0) is 30.0 Å². The van der Waals surface area contributed by atoms with E-state index < -0.39 is 15.7 Å². The van der Waals surface area contributed by atoms with Crippen LogP contribution in [0, 0.1) is 18.2 Å². The van der Waals surface area contributed by atoms with Crippen LogP contribution in [0.25, 0.3) is 0 Å². The summed E-state index contributed by atoms with van der Waals surface area (Å²) in [4.78, 5) is 23.1. The minimum atomic E-state index is -3.28. The van der Waals surface area contributed by atoms with Crippen LogP contribution in [0.3, 0.4) is 0 Å². The molecular weight excluding hydrogens is 515 g/mol. The molecule has 1 aromatic heterocycles. The zero-order chi connectivity index (χ0) is 27.7. The summed E-state index contributed by atoms with van der Waals surface area (Å²) in [6.45, 7) is 8.96. The largest absolute Gasteiger partial charge is 0.474 e. The summed E-state index contributed by atoms with van der Waals surface area (Å²) in [5, 5.41) is 2.95. The van der Waals surface area contributed by atoms with Crippen molar-refractivity contribution in [1.29, 1.82) is 0 Å². The van der Waals surface area contributed by atoms with E-state index in [2.05, 4.69) is 15.3 Å². The minimum absolute atomic E-state index is 0.125. The first-order chi connectivity index (χ1) is 17.8. The summed E-state index contributed by atoms with van der Waals surface area (Å²) in [5.74, 6) is -0.0967. The molecule has 4 rings (SSSR count). The normalized spacial score (nSPS) is 21.6. The molecule has 0 spiro atoms. The second-order valence-corrected chi connectivity index (χ2v) is 13.4. The monoisotopic (exact) mass is 550 g/mol. The number of amides is 1. The average molecular weight is 551 g/mol. The smallest absolute Gasteiger partial charge is 0.410 e. The maximum absolute atomic E-state index is 14.7. The van der Waals surface area contributed by atoms with Crippen molar-refractivity contribution in [2.75, 3.05) is 31.4 Å². The number of rotatable bonds is 7. The van der Waals surface area contributed by atoms with Gasteiger partial charge in [-0.15, -0.1) is 0 Å². The molecule has 0 radical (unpaired) electrons. The lowest BCUT2D eigenvalue weighted by Gasteiger charge is -2.47. The van der Waals surface area contributed by atoms with Crippen molar-refractivity contribution in [1.82, 2.24) is 14.9 Å². The number of benzene rings is 1. The average Bonchev–Trinajstić information content (AvgIpc) is 2.79. The van der Waals surface area contributed by atoms with Crippen LogP contribution in [0.2, 0.25) is 0 Å². The summed E-state index contributed by atoms with van der Waals surface area (Å²) in [7, 11) is -3.28. The van der Waals surface area contributed by atoms with Gasteiger partial charge >= 0.3 is 6.09 Å². The van der Waals surface area contributed by atoms with Crippen molar-refractivity contribution in [2.24, 2.45) is 5.41 Å². The number of morpholine rings is 1. The van der Waals surface area contributed by atoms with Crippen molar-refractivity contribution >= 4 is 27.4 Å². The van der Waals surface area contributed by atoms with Gasteiger partial charge in [0.15, 0.2) is 9.84 Å². The number of nitrogens with one attached hydrogen (secondary N) is 1. The Kier molecular flexibility index (Phi) is 8.12. The topological polar surface area (TPSA) is 120 Å². The Morgan fingerprint density at radius 2 is 1.89 bits per heavy atom. The molecule has 1 N–H and O–H groups in total. The van der Waals surface area contributed by atoms with Crippen LogP contribution >= 0.6 is 0 Å². The van der Waals surface area contributed by atoms with Gasteiger partial charge in [0.2, 0.25) is 5.88 Å². The molecule has 2 atom stereocenters. The molecule has 2 bridgehead atoms. The minimum Gasteiger partial charge on any atom is -0.474 e. The van der Waals surface area contributed by atoms with E-state index in [9.17, 15) is 17.6 Å². The number of aromatic nitrogens is 2. The lowest BCUT2D eigenvalue weighted by Crippen LogP contribution is -2.61. The van der Waals surface area contributed by atoms with Gasteiger partial charge < -0.3 is 19.5 Å². The number of carbonyl (C=O) groups excluding carboxylic acids is 1. The molecule has 2 aliphatic heterocycles. The van der Waals surface area contributed by atoms with Crippen molar-refractivity contribution < 1.29 is 31.8 Å². The summed E-state index contributed by atoms with van der Waals surface area (Å²) in [5.41, 5.74) is 0.992. The molecule has 2 aromatic rings. The predicted octanol–water partition coefficient (Wildman–Crippen LogP) is 4.01. The zero-order valence-corrected chi connectivity index (χ0v) is 23.2. The summed E-state index contributed by atoms with van der Waals surface area (Å²) in [6, 6.07) is 3.89. The van der Waals surface area contributed by atoms with E-state index >= 15 is 0 Å². The van der Waals surface area contributed by atoms with Gasteiger partial charge in [-0.25, -0.2) is 27.6 Å². The molecule has 3 heterocycles. The highest BCUT2D eigenvalue weighted by molar-refractivity contribution is 7.89. The molecule has 2 saturated heterocycles. The fourth-order valence-electron chi connectivity index (χ4n) is 4.63. The highest BCUT2D eigenvalue weighted by Crippen LogP contribution is 2.33. The Labute approximate surface area is 222 Å². The van der Waals surface area contributed by atoms with Gasteiger partial charge in [0.25, 0.3) is 0 Å². The molecule has 1 aromatic carbocycles. The van der Waals surface area contributed by atoms with Gasteiger partial charge in [-0.2, -0.15) is 0 Å². The predicted molar refractivity (Wildman–Crippen MR) is 140 cm³/mol. The van der Waals surface area contributed by atoms with Gasteiger partial charge in [-0.1, -0.05) is 26.8 Å². The fourth-order valence-corrected chi connectivity index (χ4v) is 5.41. The molecule has 0 saturated carbocycles. The Morgan fingerprint density at radius 1 is 1.21 bits per heavy atom. The molecule has 1 amide bonds. The van der Waals surface area contributed by atoms with Gasteiger partial charge in [0.1, 0.15) is 24.1 Å². The Bertz CT molecular complexity index is 1270. The van der Waals surface area contributed by atoms with E-state index in [4.69, 9.17) is 14.2 Å². The number of piperidine rings is 1. The molecule has 2 aliphatic rings. The number of nitrogens with zero attached hydrogens (tertiary/aromatic N) is 3. The SMILES string of the molecule is Cc1c(Nc2ccc(CS(C)(=O)=O)cc2F)ncnc1OC1CC2COCC(C1)N2C(=O)OCC(C)(C)C. The summed E-state index contributed by atoms with van der Waals surface area (Å²) in [6.07, 6.45) is 3.03. The second-order valence-electron chi connectivity index (χ2n) is 11.2. The van der Waals surface area contributed by atoms with E-state index in [-0.39, 0.29) is 41.1 Å². The number of hydrogen-bond acceptors (Lipinski definition) is 9. The molecule has 12 heteroatoms. The van der Waals surface area contributed by atoms with E-state index in [0.29, 0.717) is 55.5 Å².